The van der Waals surface area contributed by atoms with E-state index in [2.05, 4.69) is 4.98 Å². The van der Waals surface area contributed by atoms with Crippen LogP contribution >= 0.6 is 11.6 Å². The Kier molecular flexibility index (Phi) is 3.81. The van der Waals surface area contributed by atoms with Crippen LogP contribution in [0, 0.1) is 10.1 Å². The Morgan fingerprint density at radius 2 is 2.00 bits per heavy atom. The van der Waals surface area contributed by atoms with E-state index in [9.17, 15) is 20.0 Å². The van der Waals surface area contributed by atoms with Crippen molar-refractivity contribution in [2.75, 3.05) is 4.90 Å². The van der Waals surface area contributed by atoms with Gasteiger partial charge in [0.05, 0.1) is 10.6 Å². The summed E-state index contributed by atoms with van der Waals surface area (Å²) >= 11 is 5.70. The number of carbonyl (C=O) groups is 1. The van der Waals surface area contributed by atoms with Crippen molar-refractivity contribution in [2.45, 2.75) is 0 Å². The van der Waals surface area contributed by atoms with Crippen LogP contribution in [-0.2, 0) is 0 Å². The maximum Gasteiger partial charge on any atom is 0.416 e. The molecule has 0 bridgehead atoms. The van der Waals surface area contributed by atoms with Gasteiger partial charge in [0.15, 0.2) is 0 Å². The van der Waals surface area contributed by atoms with E-state index in [1.165, 1.54) is 12.1 Å². The second-order valence-corrected chi connectivity index (χ2v) is 4.09. The molecule has 20 heavy (non-hydrogen) atoms. The summed E-state index contributed by atoms with van der Waals surface area (Å²) in [5, 5.41) is 20.3. The summed E-state index contributed by atoms with van der Waals surface area (Å²) < 4.78 is 0. The van der Waals surface area contributed by atoms with Gasteiger partial charge in [0.1, 0.15) is 17.0 Å². The predicted molar refractivity (Wildman–Crippen MR) is 72.5 cm³/mol. The Hall–Kier alpha value is -2.67. The lowest BCUT2D eigenvalue weighted by Crippen LogP contribution is -2.24. The minimum absolute atomic E-state index is 0.0345. The van der Waals surface area contributed by atoms with Gasteiger partial charge in [-0.15, -0.1) is 0 Å². The van der Waals surface area contributed by atoms with Gasteiger partial charge >= 0.3 is 11.8 Å². The standard InChI is InChI=1S/C12H8ClN3O4/c13-11-6-9(10(7-14-11)16(19)20)15(12(17)18)8-4-2-1-3-5-8/h1-7H,(H,17,18). The minimum Gasteiger partial charge on any atom is -0.464 e. The molecule has 1 amide bonds. The van der Waals surface area contributed by atoms with Crippen LogP contribution in [0.3, 0.4) is 0 Å². The molecule has 8 heteroatoms. The van der Waals surface area contributed by atoms with Crippen molar-refractivity contribution in [3.8, 4) is 0 Å². The number of benzene rings is 1. The first-order valence-corrected chi connectivity index (χ1v) is 5.76. The van der Waals surface area contributed by atoms with E-state index >= 15 is 0 Å². The van der Waals surface area contributed by atoms with Crippen molar-refractivity contribution in [3.63, 3.8) is 0 Å². The van der Waals surface area contributed by atoms with Crippen molar-refractivity contribution in [1.82, 2.24) is 4.98 Å². The average Bonchev–Trinajstić information content (AvgIpc) is 2.39. The Balaban J connectivity index is 2.64. The third-order valence-electron chi connectivity index (χ3n) is 2.47. The maximum atomic E-state index is 11.4. The lowest BCUT2D eigenvalue weighted by molar-refractivity contribution is -0.384. The first kappa shape index (κ1) is 13.8. The lowest BCUT2D eigenvalue weighted by atomic mass is 10.2. The zero-order valence-corrected chi connectivity index (χ0v) is 10.7. The second-order valence-electron chi connectivity index (χ2n) is 3.71. The van der Waals surface area contributed by atoms with Crippen LogP contribution in [-0.4, -0.2) is 21.1 Å². The number of amides is 1. The van der Waals surface area contributed by atoms with E-state index in [0.29, 0.717) is 0 Å². The fourth-order valence-corrected chi connectivity index (χ4v) is 1.81. The number of rotatable bonds is 3. The molecule has 0 aliphatic carbocycles. The Morgan fingerprint density at radius 3 is 2.55 bits per heavy atom. The molecule has 1 aromatic heterocycles. The summed E-state index contributed by atoms with van der Waals surface area (Å²) in [4.78, 5) is 26.1. The SMILES string of the molecule is O=C(O)N(c1ccccc1)c1cc(Cl)ncc1[N+](=O)[O-]. The smallest absolute Gasteiger partial charge is 0.416 e. The van der Waals surface area contributed by atoms with Crippen LogP contribution in [0.5, 0.6) is 0 Å². The Bertz CT molecular complexity index is 663. The molecular formula is C12H8ClN3O4. The molecule has 7 nitrogen and oxygen atoms in total. The number of hydrogen-bond donors (Lipinski definition) is 1. The highest BCUT2D eigenvalue weighted by atomic mass is 35.5. The Labute approximate surface area is 118 Å². The van der Waals surface area contributed by atoms with Crippen molar-refractivity contribution < 1.29 is 14.8 Å². The van der Waals surface area contributed by atoms with Crippen LogP contribution in [0.4, 0.5) is 21.9 Å². The van der Waals surface area contributed by atoms with Crippen LogP contribution in [0.25, 0.3) is 0 Å². The molecule has 1 N–H and O–H groups in total. The van der Waals surface area contributed by atoms with Crippen molar-refractivity contribution in [1.29, 1.82) is 0 Å². The first-order chi connectivity index (χ1) is 9.50. The molecule has 0 atom stereocenters. The molecule has 0 unspecified atom stereocenters. The van der Waals surface area contributed by atoms with Gasteiger partial charge in [-0.05, 0) is 12.1 Å². The molecule has 0 radical (unpaired) electrons. The fraction of sp³-hybridized carbons (Fsp3) is 0. The normalized spacial score (nSPS) is 10.1. The quantitative estimate of drug-likeness (QED) is 0.531. The zero-order chi connectivity index (χ0) is 14.7. The van der Waals surface area contributed by atoms with Crippen LogP contribution in [0.15, 0.2) is 42.6 Å². The van der Waals surface area contributed by atoms with E-state index in [1.54, 1.807) is 18.2 Å². The summed E-state index contributed by atoms with van der Waals surface area (Å²) in [7, 11) is 0. The molecule has 102 valence electrons. The van der Waals surface area contributed by atoms with E-state index in [0.717, 1.165) is 17.2 Å². The fourth-order valence-electron chi connectivity index (χ4n) is 1.66. The first-order valence-electron chi connectivity index (χ1n) is 5.38. The number of aromatic nitrogens is 1. The van der Waals surface area contributed by atoms with Crippen molar-refractivity contribution in [2.24, 2.45) is 0 Å². The molecule has 2 rings (SSSR count). The largest absolute Gasteiger partial charge is 0.464 e. The summed E-state index contributed by atoms with van der Waals surface area (Å²) in [6, 6.07) is 9.14. The molecule has 2 aromatic rings. The number of nitro groups is 1. The van der Waals surface area contributed by atoms with E-state index in [4.69, 9.17) is 11.6 Å². The number of nitrogens with zero attached hydrogens (tertiary/aromatic N) is 3. The highest BCUT2D eigenvalue weighted by Gasteiger charge is 2.26. The highest BCUT2D eigenvalue weighted by Crippen LogP contribution is 2.34. The number of halogens is 1. The second kappa shape index (κ2) is 5.54. The van der Waals surface area contributed by atoms with Gasteiger partial charge in [-0.2, -0.15) is 0 Å². The van der Waals surface area contributed by atoms with Gasteiger partial charge in [-0.3, -0.25) is 10.1 Å². The average molecular weight is 294 g/mol. The molecule has 1 aromatic carbocycles. The Morgan fingerprint density at radius 1 is 1.35 bits per heavy atom. The van der Waals surface area contributed by atoms with Crippen LogP contribution in [0.1, 0.15) is 0 Å². The molecule has 0 fully saturated rings. The van der Waals surface area contributed by atoms with Gasteiger partial charge in [-0.1, -0.05) is 29.8 Å². The van der Waals surface area contributed by atoms with Crippen LogP contribution in [0.2, 0.25) is 5.15 Å². The third-order valence-corrected chi connectivity index (χ3v) is 2.68. The molecule has 0 saturated carbocycles. The summed E-state index contributed by atoms with van der Waals surface area (Å²) in [5.74, 6) is 0. The van der Waals surface area contributed by atoms with E-state index in [1.807, 2.05) is 0 Å². The summed E-state index contributed by atoms with van der Waals surface area (Å²) in [5.41, 5.74) is -0.334. The lowest BCUT2D eigenvalue weighted by Gasteiger charge is -2.19. The molecule has 0 aliphatic rings. The van der Waals surface area contributed by atoms with E-state index < -0.39 is 16.7 Å². The van der Waals surface area contributed by atoms with Crippen molar-refractivity contribution in [3.05, 3.63) is 57.9 Å². The number of para-hydroxylation sites is 1. The molecular weight excluding hydrogens is 286 g/mol. The predicted octanol–water partition coefficient (Wildman–Crippen LogP) is 3.46. The number of carboxylic acid groups (broad SMARTS) is 1. The van der Waals surface area contributed by atoms with E-state index in [-0.39, 0.29) is 16.5 Å². The highest BCUT2D eigenvalue weighted by molar-refractivity contribution is 6.29. The van der Waals surface area contributed by atoms with Gasteiger partial charge in [0.2, 0.25) is 0 Å². The van der Waals surface area contributed by atoms with Gasteiger partial charge in [-0.25, -0.2) is 14.7 Å². The minimum atomic E-state index is -1.36. The molecule has 0 spiro atoms. The van der Waals surface area contributed by atoms with Crippen molar-refractivity contribution >= 4 is 34.8 Å². The maximum absolute atomic E-state index is 11.4. The number of hydrogen-bond acceptors (Lipinski definition) is 4. The van der Waals surface area contributed by atoms with Gasteiger partial charge < -0.3 is 5.11 Å². The number of anilines is 2. The number of pyridine rings is 1. The third kappa shape index (κ3) is 2.67. The summed E-state index contributed by atoms with van der Waals surface area (Å²) in [6.07, 6.45) is -0.433. The summed E-state index contributed by atoms with van der Waals surface area (Å²) in [6.45, 7) is 0. The molecule has 0 aliphatic heterocycles. The van der Waals surface area contributed by atoms with Crippen LogP contribution < -0.4 is 4.90 Å². The topological polar surface area (TPSA) is 96.6 Å². The molecule has 1 heterocycles. The molecule has 0 saturated heterocycles. The van der Waals surface area contributed by atoms with Gasteiger partial charge in [0, 0.05) is 6.07 Å². The van der Waals surface area contributed by atoms with Gasteiger partial charge in [0.25, 0.3) is 0 Å². The zero-order valence-electron chi connectivity index (χ0n) is 9.93. The monoisotopic (exact) mass is 293 g/mol.